The molecule has 0 radical (unpaired) electrons. The summed E-state index contributed by atoms with van der Waals surface area (Å²) < 4.78 is 1.51. The molecule has 16 heavy (non-hydrogen) atoms. The molecule has 0 bridgehead atoms. The van der Waals surface area contributed by atoms with E-state index in [1.54, 1.807) is 0 Å². The van der Waals surface area contributed by atoms with Crippen molar-refractivity contribution in [1.29, 1.82) is 0 Å². The molecule has 0 unspecified atom stereocenters. The molecule has 0 saturated carbocycles. The quantitative estimate of drug-likeness (QED) is 0.725. The van der Waals surface area contributed by atoms with Gasteiger partial charge in [-0.25, -0.2) is 4.79 Å². The van der Waals surface area contributed by atoms with Crippen molar-refractivity contribution in [2.24, 2.45) is 0 Å². The third-order valence-corrected chi connectivity index (χ3v) is 2.13. The molecule has 0 atom stereocenters. The summed E-state index contributed by atoms with van der Waals surface area (Å²) in [5, 5.41) is 3.34. The van der Waals surface area contributed by atoms with Crippen LogP contribution in [0, 0.1) is 0 Å². The summed E-state index contributed by atoms with van der Waals surface area (Å²) in [5.41, 5.74) is -0.604. The van der Waals surface area contributed by atoms with E-state index in [9.17, 15) is 9.59 Å². The van der Waals surface area contributed by atoms with Gasteiger partial charge in [-0.2, -0.15) is 0 Å². The van der Waals surface area contributed by atoms with Crippen LogP contribution in [0.4, 0.5) is 0 Å². The van der Waals surface area contributed by atoms with Crippen molar-refractivity contribution < 1.29 is 0 Å². The predicted molar refractivity (Wildman–Crippen MR) is 63.7 cm³/mol. The Balaban J connectivity index is 2.44. The van der Waals surface area contributed by atoms with Gasteiger partial charge in [0, 0.05) is 24.3 Å². The number of aromatic nitrogens is 2. The van der Waals surface area contributed by atoms with Gasteiger partial charge in [0.25, 0.3) is 5.56 Å². The standard InChI is InChI=1S/C11H19N3O2/c1-11(2,3)12-6-4-7-14-8-5-9(15)13-10(14)16/h5,8,12H,4,6-7H2,1-3H3,(H,13,15,16). The Kier molecular flexibility index (Phi) is 4.06. The minimum Gasteiger partial charge on any atom is -0.312 e. The van der Waals surface area contributed by atoms with Gasteiger partial charge in [0.2, 0.25) is 0 Å². The summed E-state index contributed by atoms with van der Waals surface area (Å²) in [5.74, 6) is 0. The first-order valence-corrected chi connectivity index (χ1v) is 5.43. The second kappa shape index (κ2) is 5.12. The first kappa shape index (κ1) is 12.7. The van der Waals surface area contributed by atoms with Crippen molar-refractivity contribution in [2.45, 2.75) is 39.3 Å². The topological polar surface area (TPSA) is 66.9 Å². The maximum Gasteiger partial charge on any atom is 0.328 e. The molecule has 1 aromatic heterocycles. The molecule has 2 N–H and O–H groups in total. The van der Waals surface area contributed by atoms with Gasteiger partial charge in [0.15, 0.2) is 0 Å². The molecule has 5 heteroatoms. The Morgan fingerprint density at radius 1 is 1.38 bits per heavy atom. The zero-order valence-corrected chi connectivity index (χ0v) is 10.0. The third-order valence-electron chi connectivity index (χ3n) is 2.13. The molecule has 0 aliphatic carbocycles. The normalized spacial score (nSPS) is 11.7. The molecule has 0 aliphatic heterocycles. The van der Waals surface area contributed by atoms with Crippen molar-refractivity contribution in [1.82, 2.24) is 14.9 Å². The van der Waals surface area contributed by atoms with E-state index in [0.717, 1.165) is 13.0 Å². The Morgan fingerprint density at radius 3 is 2.62 bits per heavy atom. The summed E-state index contributed by atoms with van der Waals surface area (Å²) >= 11 is 0. The van der Waals surface area contributed by atoms with Crippen molar-refractivity contribution in [2.75, 3.05) is 6.54 Å². The maximum absolute atomic E-state index is 11.3. The molecule has 0 saturated heterocycles. The van der Waals surface area contributed by atoms with E-state index < -0.39 is 0 Å². The molecule has 1 rings (SSSR count). The summed E-state index contributed by atoms with van der Waals surface area (Å²) in [7, 11) is 0. The van der Waals surface area contributed by atoms with Crippen molar-refractivity contribution in [3.63, 3.8) is 0 Å². The average molecular weight is 225 g/mol. The molecule has 5 nitrogen and oxygen atoms in total. The van der Waals surface area contributed by atoms with Gasteiger partial charge in [-0.05, 0) is 33.7 Å². The van der Waals surface area contributed by atoms with Crippen LogP contribution in [-0.2, 0) is 6.54 Å². The Hall–Kier alpha value is -1.36. The van der Waals surface area contributed by atoms with E-state index >= 15 is 0 Å². The van der Waals surface area contributed by atoms with Gasteiger partial charge >= 0.3 is 5.69 Å². The van der Waals surface area contributed by atoms with E-state index in [1.807, 2.05) is 0 Å². The summed E-state index contributed by atoms with van der Waals surface area (Å²) in [6.45, 7) is 7.74. The highest BCUT2D eigenvalue weighted by Gasteiger charge is 2.07. The van der Waals surface area contributed by atoms with Crippen LogP contribution in [-0.4, -0.2) is 21.6 Å². The zero-order valence-electron chi connectivity index (χ0n) is 10.0. The summed E-state index contributed by atoms with van der Waals surface area (Å²) in [4.78, 5) is 24.4. The van der Waals surface area contributed by atoms with Crippen LogP contribution in [0.3, 0.4) is 0 Å². The van der Waals surface area contributed by atoms with Crippen molar-refractivity contribution in [3.05, 3.63) is 33.1 Å². The monoisotopic (exact) mass is 225 g/mol. The molecule has 0 aliphatic rings. The van der Waals surface area contributed by atoms with Crippen LogP contribution in [0.1, 0.15) is 27.2 Å². The number of aromatic amines is 1. The lowest BCUT2D eigenvalue weighted by atomic mass is 10.1. The minimum atomic E-state index is -0.353. The Morgan fingerprint density at radius 2 is 2.06 bits per heavy atom. The van der Waals surface area contributed by atoms with Gasteiger partial charge in [0.1, 0.15) is 0 Å². The number of rotatable bonds is 4. The summed E-state index contributed by atoms with van der Waals surface area (Å²) in [6, 6.07) is 1.36. The number of hydrogen-bond acceptors (Lipinski definition) is 3. The van der Waals surface area contributed by atoms with E-state index in [0.29, 0.717) is 6.54 Å². The Bertz CT molecular complexity index is 440. The molecule has 90 valence electrons. The molecule has 0 amide bonds. The van der Waals surface area contributed by atoms with Gasteiger partial charge in [-0.1, -0.05) is 0 Å². The largest absolute Gasteiger partial charge is 0.328 e. The van der Waals surface area contributed by atoms with Gasteiger partial charge in [-0.15, -0.1) is 0 Å². The third kappa shape index (κ3) is 4.44. The van der Waals surface area contributed by atoms with Crippen LogP contribution in [0.15, 0.2) is 21.9 Å². The lowest BCUT2D eigenvalue weighted by Crippen LogP contribution is -2.37. The molecular weight excluding hydrogens is 206 g/mol. The molecule has 0 spiro atoms. The van der Waals surface area contributed by atoms with E-state index in [4.69, 9.17) is 0 Å². The highest BCUT2D eigenvalue weighted by Crippen LogP contribution is 1.98. The van der Waals surface area contributed by atoms with E-state index in [-0.39, 0.29) is 16.8 Å². The molecule has 1 heterocycles. The van der Waals surface area contributed by atoms with Crippen molar-refractivity contribution in [3.8, 4) is 0 Å². The second-order valence-electron chi connectivity index (χ2n) is 4.83. The minimum absolute atomic E-state index is 0.0932. The maximum atomic E-state index is 11.3. The van der Waals surface area contributed by atoms with Gasteiger partial charge in [-0.3, -0.25) is 9.78 Å². The number of H-pyrrole nitrogens is 1. The van der Waals surface area contributed by atoms with Crippen LogP contribution in [0.25, 0.3) is 0 Å². The van der Waals surface area contributed by atoms with Gasteiger partial charge < -0.3 is 9.88 Å². The lowest BCUT2D eigenvalue weighted by Gasteiger charge is -2.20. The fraction of sp³-hybridized carbons (Fsp3) is 0.636. The molecular formula is C11H19N3O2. The Labute approximate surface area is 94.5 Å². The van der Waals surface area contributed by atoms with E-state index in [1.165, 1.54) is 16.8 Å². The molecule has 0 fully saturated rings. The smallest absolute Gasteiger partial charge is 0.312 e. The number of hydrogen-bond donors (Lipinski definition) is 2. The SMILES string of the molecule is CC(C)(C)NCCCn1ccc(=O)[nH]c1=O. The number of aryl methyl sites for hydroxylation is 1. The number of nitrogens with zero attached hydrogens (tertiary/aromatic N) is 1. The van der Waals surface area contributed by atoms with Crippen LogP contribution >= 0.6 is 0 Å². The summed E-state index contributed by atoms with van der Waals surface area (Å²) in [6.07, 6.45) is 2.38. The van der Waals surface area contributed by atoms with Crippen LogP contribution < -0.4 is 16.6 Å². The van der Waals surface area contributed by atoms with Crippen LogP contribution in [0.2, 0.25) is 0 Å². The zero-order chi connectivity index (χ0) is 12.2. The first-order valence-electron chi connectivity index (χ1n) is 5.43. The fourth-order valence-corrected chi connectivity index (χ4v) is 1.33. The van der Waals surface area contributed by atoms with E-state index in [2.05, 4.69) is 31.1 Å². The lowest BCUT2D eigenvalue weighted by molar-refractivity contribution is 0.411. The average Bonchev–Trinajstić information content (AvgIpc) is 2.13. The molecule has 1 aromatic rings. The predicted octanol–water partition coefficient (Wildman–Crippen LogP) is 0.315. The van der Waals surface area contributed by atoms with Crippen LogP contribution in [0.5, 0.6) is 0 Å². The first-order chi connectivity index (χ1) is 7.38. The number of nitrogens with one attached hydrogen (secondary N) is 2. The van der Waals surface area contributed by atoms with Crippen molar-refractivity contribution >= 4 is 0 Å². The van der Waals surface area contributed by atoms with Gasteiger partial charge in [0.05, 0.1) is 0 Å². The highest BCUT2D eigenvalue weighted by atomic mass is 16.2. The second-order valence-corrected chi connectivity index (χ2v) is 4.83. The molecule has 0 aromatic carbocycles. The highest BCUT2D eigenvalue weighted by molar-refractivity contribution is 4.82. The fourth-order valence-electron chi connectivity index (χ4n) is 1.33.